The van der Waals surface area contributed by atoms with Crippen LogP contribution in [0.4, 0.5) is 0 Å². The zero-order valence-electron chi connectivity index (χ0n) is 13.2. The first-order chi connectivity index (χ1) is 10.8. The van der Waals surface area contributed by atoms with Gasteiger partial charge in [-0.2, -0.15) is 0 Å². The van der Waals surface area contributed by atoms with Gasteiger partial charge in [0.05, 0.1) is 0 Å². The van der Waals surface area contributed by atoms with Crippen LogP contribution >= 0.6 is 0 Å². The molecule has 0 aliphatic carbocycles. The SMILES string of the molecule is CNCCC1CCN(C(=O)c2ncoc2C2CCCO2)CC1. The Morgan fingerprint density at radius 3 is 2.91 bits per heavy atom. The number of ether oxygens (including phenoxy) is 1. The molecule has 0 spiro atoms. The topological polar surface area (TPSA) is 67.6 Å². The summed E-state index contributed by atoms with van der Waals surface area (Å²) in [5, 5.41) is 3.19. The van der Waals surface area contributed by atoms with Crippen LogP contribution in [0.3, 0.4) is 0 Å². The molecule has 1 aromatic rings. The normalized spacial score (nSPS) is 23.1. The van der Waals surface area contributed by atoms with Gasteiger partial charge in [-0.3, -0.25) is 4.79 Å². The average molecular weight is 307 g/mol. The van der Waals surface area contributed by atoms with Gasteiger partial charge in [-0.25, -0.2) is 4.98 Å². The minimum Gasteiger partial charge on any atom is -0.445 e. The highest BCUT2D eigenvalue weighted by Gasteiger charge is 2.31. The van der Waals surface area contributed by atoms with Crippen molar-refractivity contribution in [3.05, 3.63) is 17.8 Å². The molecule has 2 aliphatic rings. The summed E-state index contributed by atoms with van der Waals surface area (Å²) in [4.78, 5) is 18.8. The number of hydrogen-bond donors (Lipinski definition) is 1. The van der Waals surface area contributed by atoms with Crippen LogP contribution in [0.25, 0.3) is 0 Å². The molecule has 2 saturated heterocycles. The summed E-state index contributed by atoms with van der Waals surface area (Å²) in [6, 6.07) is 0. The molecule has 1 N–H and O–H groups in total. The summed E-state index contributed by atoms with van der Waals surface area (Å²) >= 11 is 0. The van der Waals surface area contributed by atoms with Crippen molar-refractivity contribution in [2.24, 2.45) is 5.92 Å². The van der Waals surface area contributed by atoms with Crippen molar-refractivity contribution in [3.8, 4) is 0 Å². The van der Waals surface area contributed by atoms with E-state index in [0.717, 1.165) is 51.9 Å². The number of oxazole rings is 1. The van der Waals surface area contributed by atoms with Crippen LogP contribution in [0.1, 0.15) is 54.5 Å². The molecule has 1 atom stereocenters. The van der Waals surface area contributed by atoms with E-state index < -0.39 is 0 Å². The molecule has 6 heteroatoms. The maximum Gasteiger partial charge on any atom is 0.276 e. The van der Waals surface area contributed by atoms with Gasteiger partial charge in [0.1, 0.15) is 6.10 Å². The van der Waals surface area contributed by atoms with Crippen LogP contribution in [0.2, 0.25) is 0 Å². The second-order valence-electron chi connectivity index (χ2n) is 6.19. The molecule has 22 heavy (non-hydrogen) atoms. The zero-order valence-corrected chi connectivity index (χ0v) is 13.2. The van der Waals surface area contributed by atoms with Gasteiger partial charge in [0, 0.05) is 19.7 Å². The van der Waals surface area contributed by atoms with Crippen LogP contribution in [0, 0.1) is 5.92 Å². The van der Waals surface area contributed by atoms with E-state index in [4.69, 9.17) is 9.15 Å². The number of carbonyl (C=O) groups excluding carboxylic acids is 1. The Hall–Kier alpha value is -1.40. The van der Waals surface area contributed by atoms with Gasteiger partial charge in [0.15, 0.2) is 17.8 Å². The Morgan fingerprint density at radius 2 is 2.23 bits per heavy atom. The van der Waals surface area contributed by atoms with Gasteiger partial charge < -0.3 is 19.4 Å². The molecule has 3 rings (SSSR count). The number of likely N-dealkylation sites (tertiary alicyclic amines) is 1. The van der Waals surface area contributed by atoms with Crippen LogP contribution in [0.15, 0.2) is 10.8 Å². The van der Waals surface area contributed by atoms with Gasteiger partial charge >= 0.3 is 0 Å². The van der Waals surface area contributed by atoms with Crippen molar-refractivity contribution in [2.45, 2.75) is 38.2 Å². The van der Waals surface area contributed by atoms with Gasteiger partial charge in [-0.15, -0.1) is 0 Å². The molecule has 1 amide bonds. The summed E-state index contributed by atoms with van der Waals surface area (Å²) in [6.45, 7) is 3.40. The molecule has 3 heterocycles. The van der Waals surface area contributed by atoms with E-state index in [9.17, 15) is 4.79 Å². The Labute approximate surface area is 131 Å². The van der Waals surface area contributed by atoms with Gasteiger partial charge in [-0.05, 0) is 51.6 Å². The standard InChI is InChI=1S/C16H25N3O3/c1-17-7-4-12-5-8-19(9-6-12)16(20)14-15(22-11-18-14)13-3-2-10-21-13/h11-13,17H,2-10H2,1H3. The van der Waals surface area contributed by atoms with E-state index in [1.807, 2.05) is 11.9 Å². The van der Waals surface area contributed by atoms with E-state index in [1.54, 1.807) is 0 Å². The lowest BCUT2D eigenvalue weighted by Gasteiger charge is -2.31. The van der Waals surface area contributed by atoms with Crippen molar-refractivity contribution in [1.82, 2.24) is 15.2 Å². The molecule has 2 fully saturated rings. The summed E-state index contributed by atoms with van der Waals surface area (Å²) in [5.74, 6) is 1.32. The quantitative estimate of drug-likeness (QED) is 0.901. The Kier molecular flexibility index (Phi) is 5.10. The second-order valence-corrected chi connectivity index (χ2v) is 6.19. The molecule has 1 unspecified atom stereocenters. The molecule has 2 aliphatic heterocycles. The number of nitrogens with zero attached hydrogens (tertiary/aromatic N) is 2. The lowest BCUT2D eigenvalue weighted by atomic mass is 9.93. The number of nitrogens with one attached hydrogen (secondary N) is 1. The third-order valence-electron chi connectivity index (χ3n) is 4.72. The van der Waals surface area contributed by atoms with E-state index in [0.29, 0.717) is 17.4 Å². The first kappa shape index (κ1) is 15.5. The van der Waals surface area contributed by atoms with E-state index in [1.165, 1.54) is 12.8 Å². The molecule has 122 valence electrons. The summed E-state index contributed by atoms with van der Waals surface area (Å²) in [5.41, 5.74) is 0.445. The smallest absolute Gasteiger partial charge is 0.276 e. The summed E-state index contributed by atoms with van der Waals surface area (Å²) in [6.07, 6.45) is 6.50. The lowest BCUT2D eigenvalue weighted by Crippen LogP contribution is -2.39. The first-order valence-corrected chi connectivity index (χ1v) is 8.28. The minimum absolute atomic E-state index is 0.00804. The predicted octanol–water partition coefficient (Wildman–Crippen LogP) is 1.99. The third kappa shape index (κ3) is 3.33. The van der Waals surface area contributed by atoms with Crippen molar-refractivity contribution >= 4 is 5.91 Å². The molecule has 0 aromatic carbocycles. The Morgan fingerprint density at radius 1 is 1.41 bits per heavy atom. The number of hydrogen-bond acceptors (Lipinski definition) is 5. The van der Waals surface area contributed by atoms with Crippen LogP contribution in [-0.4, -0.2) is 49.1 Å². The predicted molar refractivity (Wildman–Crippen MR) is 81.6 cm³/mol. The fourth-order valence-corrected chi connectivity index (χ4v) is 3.35. The van der Waals surface area contributed by atoms with Crippen LogP contribution < -0.4 is 5.32 Å². The molecule has 1 aromatic heterocycles. The Bertz CT molecular complexity index is 489. The fraction of sp³-hybridized carbons (Fsp3) is 0.750. The third-order valence-corrected chi connectivity index (χ3v) is 4.72. The molecule has 0 radical (unpaired) electrons. The number of piperidine rings is 1. The van der Waals surface area contributed by atoms with Crippen molar-refractivity contribution < 1.29 is 13.9 Å². The number of rotatable bonds is 5. The van der Waals surface area contributed by atoms with Crippen LogP contribution in [0.5, 0.6) is 0 Å². The fourth-order valence-electron chi connectivity index (χ4n) is 3.35. The van der Waals surface area contributed by atoms with E-state index in [-0.39, 0.29) is 12.0 Å². The first-order valence-electron chi connectivity index (χ1n) is 8.28. The highest BCUT2D eigenvalue weighted by molar-refractivity contribution is 5.93. The second kappa shape index (κ2) is 7.24. The minimum atomic E-state index is -0.102. The summed E-state index contributed by atoms with van der Waals surface area (Å²) in [7, 11) is 1.98. The van der Waals surface area contributed by atoms with Gasteiger partial charge in [-0.1, -0.05) is 0 Å². The van der Waals surface area contributed by atoms with Crippen molar-refractivity contribution in [2.75, 3.05) is 33.3 Å². The van der Waals surface area contributed by atoms with Crippen LogP contribution in [-0.2, 0) is 4.74 Å². The monoisotopic (exact) mass is 307 g/mol. The van der Waals surface area contributed by atoms with Crippen molar-refractivity contribution in [3.63, 3.8) is 0 Å². The average Bonchev–Trinajstić information content (AvgIpc) is 3.23. The number of carbonyl (C=O) groups is 1. The van der Waals surface area contributed by atoms with E-state index in [2.05, 4.69) is 10.3 Å². The molecular weight excluding hydrogens is 282 g/mol. The maximum atomic E-state index is 12.7. The molecule has 6 nitrogen and oxygen atoms in total. The van der Waals surface area contributed by atoms with Gasteiger partial charge in [0.25, 0.3) is 5.91 Å². The molecule has 0 bridgehead atoms. The zero-order chi connectivity index (χ0) is 15.4. The maximum absolute atomic E-state index is 12.7. The Balaban J connectivity index is 1.59. The number of aromatic nitrogens is 1. The summed E-state index contributed by atoms with van der Waals surface area (Å²) < 4.78 is 11.1. The molecule has 0 saturated carbocycles. The van der Waals surface area contributed by atoms with Gasteiger partial charge in [0.2, 0.25) is 0 Å². The largest absolute Gasteiger partial charge is 0.445 e. The van der Waals surface area contributed by atoms with Crippen molar-refractivity contribution in [1.29, 1.82) is 0 Å². The number of amides is 1. The van der Waals surface area contributed by atoms with E-state index >= 15 is 0 Å². The molecular formula is C16H25N3O3. The highest BCUT2D eigenvalue weighted by Crippen LogP contribution is 2.31. The lowest BCUT2D eigenvalue weighted by molar-refractivity contribution is 0.0653. The highest BCUT2D eigenvalue weighted by atomic mass is 16.5.